The molecule has 0 radical (unpaired) electrons. The van der Waals surface area contributed by atoms with Crippen molar-refractivity contribution in [3.8, 4) is 0 Å². The molecule has 0 bridgehead atoms. The van der Waals surface area contributed by atoms with Crippen LogP contribution in [0.25, 0.3) is 0 Å². The van der Waals surface area contributed by atoms with E-state index in [9.17, 15) is 9.59 Å². The van der Waals surface area contributed by atoms with Crippen LogP contribution in [0.15, 0.2) is 48.5 Å². The number of benzene rings is 2. The Kier molecular flexibility index (Phi) is 8.55. The summed E-state index contributed by atoms with van der Waals surface area (Å²) >= 11 is 1.58. The minimum absolute atomic E-state index is 0.0772. The summed E-state index contributed by atoms with van der Waals surface area (Å²) in [7, 11) is 0. The number of fused-ring (bicyclic) bond motifs is 1. The van der Waals surface area contributed by atoms with Crippen LogP contribution in [0.5, 0.6) is 0 Å². The van der Waals surface area contributed by atoms with Crippen LogP contribution in [-0.4, -0.2) is 77.9 Å². The first-order chi connectivity index (χ1) is 20.5. The first-order valence-corrected chi connectivity index (χ1v) is 15.5. The van der Waals surface area contributed by atoms with E-state index in [2.05, 4.69) is 10.2 Å². The second kappa shape index (κ2) is 12.6. The lowest BCUT2D eigenvalue weighted by Crippen LogP contribution is -2.45. The number of hydrogen-bond acceptors (Lipinski definition) is 8. The van der Waals surface area contributed by atoms with Crippen molar-refractivity contribution in [1.29, 1.82) is 10.8 Å². The van der Waals surface area contributed by atoms with Gasteiger partial charge < -0.3 is 20.5 Å². The highest BCUT2D eigenvalue weighted by Crippen LogP contribution is 2.35. The van der Waals surface area contributed by atoms with E-state index in [0.29, 0.717) is 28.8 Å². The lowest BCUT2D eigenvalue weighted by atomic mass is 9.96. The molecule has 42 heavy (non-hydrogen) atoms. The molecule has 2 unspecified atom stereocenters. The number of aryl methyl sites for hydroxylation is 1. The van der Waals surface area contributed by atoms with E-state index in [1.165, 1.54) is 17.3 Å². The number of ether oxygens (including phenoxy) is 1. The van der Waals surface area contributed by atoms with Crippen molar-refractivity contribution in [1.82, 2.24) is 14.8 Å². The third-order valence-corrected chi connectivity index (χ3v) is 9.66. The van der Waals surface area contributed by atoms with Crippen LogP contribution in [0.4, 0.5) is 5.13 Å². The first-order valence-electron chi connectivity index (χ1n) is 14.7. The number of aromatic nitrogens is 1. The second-order valence-electron chi connectivity index (χ2n) is 11.2. The van der Waals surface area contributed by atoms with Gasteiger partial charge in [0.15, 0.2) is 5.13 Å². The highest BCUT2D eigenvalue weighted by atomic mass is 32.1. The molecule has 218 valence electrons. The summed E-state index contributed by atoms with van der Waals surface area (Å²) in [5.41, 5.74) is 3.89. The van der Waals surface area contributed by atoms with Gasteiger partial charge in [0, 0.05) is 54.1 Å². The van der Waals surface area contributed by atoms with Gasteiger partial charge in [-0.05, 0) is 67.5 Å². The summed E-state index contributed by atoms with van der Waals surface area (Å²) in [5.74, 6) is -0.718. The maximum atomic E-state index is 13.6. The smallest absolute Gasteiger partial charge is 0.257 e. The molecule has 3 aromatic rings. The topological polar surface area (TPSA) is 122 Å². The van der Waals surface area contributed by atoms with Crippen LogP contribution in [0.1, 0.15) is 73.6 Å². The fourth-order valence-electron chi connectivity index (χ4n) is 6.36. The average molecular weight is 585 g/mol. The maximum absolute atomic E-state index is 13.6. The zero-order valence-corrected chi connectivity index (χ0v) is 24.4. The van der Waals surface area contributed by atoms with Gasteiger partial charge in [0.2, 0.25) is 0 Å². The molecule has 0 saturated carbocycles. The van der Waals surface area contributed by atoms with Crippen molar-refractivity contribution >= 4 is 40.7 Å². The molecule has 2 aromatic carbocycles. The highest BCUT2D eigenvalue weighted by Gasteiger charge is 2.32. The summed E-state index contributed by atoms with van der Waals surface area (Å²) in [5, 5.41) is 18.8. The van der Waals surface area contributed by atoms with E-state index >= 15 is 0 Å². The van der Waals surface area contributed by atoms with Crippen LogP contribution >= 0.6 is 11.3 Å². The molecule has 3 heterocycles. The van der Waals surface area contributed by atoms with Crippen molar-refractivity contribution in [2.75, 3.05) is 38.2 Å². The zero-order valence-electron chi connectivity index (χ0n) is 23.6. The molecule has 6 rings (SSSR count). The van der Waals surface area contributed by atoms with E-state index in [-0.39, 0.29) is 17.9 Å². The van der Waals surface area contributed by atoms with Crippen molar-refractivity contribution in [3.63, 3.8) is 0 Å². The SMILES string of the molecule is N=CC(C=N)c1cccc(C(=O)N2CCCC2c2cccc(C(=O)Nc3nc4c(s3)CC(N3CCOCC3)CC4)c2)c1. The van der Waals surface area contributed by atoms with Crippen LogP contribution in [0, 0.1) is 10.8 Å². The van der Waals surface area contributed by atoms with E-state index < -0.39 is 5.92 Å². The Morgan fingerprint density at radius 3 is 2.62 bits per heavy atom. The van der Waals surface area contributed by atoms with Gasteiger partial charge in [-0.1, -0.05) is 24.3 Å². The highest BCUT2D eigenvalue weighted by molar-refractivity contribution is 7.15. The predicted molar refractivity (Wildman–Crippen MR) is 164 cm³/mol. The Balaban J connectivity index is 1.14. The largest absolute Gasteiger partial charge is 0.379 e. The van der Waals surface area contributed by atoms with E-state index in [0.717, 1.165) is 75.2 Å². The fourth-order valence-corrected chi connectivity index (χ4v) is 7.44. The molecular weight excluding hydrogens is 548 g/mol. The van der Waals surface area contributed by atoms with Gasteiger partial charge in [-0.25, -0.2) is 4.98 Å². The van der Waals surface area contributed by atoms with Gasteiger partial charge >= 0.3 is 0 Å². The molecule has 1 aromatic heterocycles. The minimum Gasteiger partial charge on any atom is -0.379 e. The minimum atomic E-state index is -0.447. The number of nitrogens with one attached hydrogen (secondary N) is 3. The van der Waals surface area contributed by atoms with Gasteiger partial charge in [-0.2, -0.15) is 0 Å². The molecule has 2 fully saturated rings. The van der Waals surface area contributed by atoms with Gasteiger partial charge in [-0.15, -0.1) is 11.3 Å². The zero-order chi connectivity index (χ0) is 29.1. The molecule has 2 atom stereocenters. The molecule has 3 aliphatic rings. The van der Waals surface area contributed by atoms with Gasteiger partial charge in [0.1, 0.15) is 0 Å². The van der Waals surface area contributed by atoms with Crippen LogP contribution in [-0.2, 0) is 17.6 Å². The number of hydrogen-bond donors (Lipinski definition) is 3. The molecule has 9 nitrogen and oxygen atoms in total. The monoisotopic (exact) mass is 584 g/mol. The second-order valence-corrected chi connectivity index (χ2v) is 12.2. The number of likely N-dealkylation sites (tertiary alicyclic amines) is 1. The summed E-state index contributed by atoms with van der Waals surface area (Å²) in [6, 6.07) is 15.1. The summed E-state index contributed by atoms with van der Waals surface area (Å²) in [6.07, 6.45) is 7.09. The molecule has 2 saturated heterocycles. The Labute approximate surface area is 249 Å². The summed E-state index contributed by atoms with van der Waals surface area (Å²) in [6.45, 7) is 4.18. The van der Waals surface area contributed by atoms with Crippen molar-refractivity contribution in [2.45, 2.75) is 50.1 Å². The van der Waals surface area contributed by atoms with Crippen LogP contribution in [0.2, 0.25) is 0 Å². The van der Waals surface area contributed by atoms with Crippen molar-refractivity contribution in [3.05, 3.63) is 81.4 Å². The number of morpholine rings is 1. The molecule has 2 aliphatic heterocycles. The van der Waals surface area contributed by atoms with Crippen LogP contribution < -0.4 is 5.32 Å². The number of amides is 2. The third-order valence-electron chi connectivity index (χ3n) is 8.62. The van der Waals surface area contributed by atoms with Gasteiger partial charge in [0.05, 0.1) is 30.9 Å². The lowest BCUT2D eigenvalue weighted by molar-refractivity contribution is 0.0139. The summed E-state index contributed by atoms with van der Waals surface area (Å²) in [4.78, 5) is 37.3. The molecule has 3 N–H and O–H groups in total. The Bertz CT molecular complexity index is 1470. The Morgan fingerprint density at radius 2 is 1.81 bits per heavy atom. The number of anilines is 1. The van der Waals surface area contributed by atoms with E-state index in [4.69, 9.17) is 20.5 Å². The molecular formula is C32H36N6O3S. The molecule has 2 amide bonds. The standard InChI is InChI=1S/C32H36N6O3S/c33-19-25(20-34)21-4-1-7-24(16-21)31(40)38-11-3-8-28(38)22-5-2-6-23(17-22)30(39)36-32-35-27-10-9-26(18-29(27)42-32)37-12-14-41-15-13-37/h1-2,4-7,16-17,19-20,25-26,28,33-34H,3,8-15,18H2,(H,35,36,39). The third kappa shape index (κ3) is 5.92. The summed E-state index contributed by atoms with van der Waals surface area (Å²) < 4.78 is 5.52. The van der Waals surface area contributed by atoms with E-state index in [1.807, 2.05) is 29.2 Å². The number of thiazole rings is 1. The lowest BCUT2D eigenvalue weighted by Gasteiger charge is -2.36. The fraction of sp³-hybridized carbons (Fsp3) is 0.406. The number of rotatable bonds is 8. The van der Waals surface area contributed by atoms with Crippen molar-refractivity contribution in [2.24, 2.45) is 0 Å². The molecule has 1 aliphatic carbocycles. The van der Waals surface area contributed by atoms with Gasteiger partial charge in [-0.3, -0.25) is 19.8 Å². The van der Waals surface area contributed by atoms with Crippen molar-refractivity contribution < 1.29 is 14.3 Å². The quantitative estimate of drug-likeness (QED) is 0.324. The number of nitrogens with zero attached hydrogens (tertiary/aromatic N) is 3. The maximum Gasteiger partial charge on any atom is 0.257 e. The normalized spacial score (nSPS) is 21.4. The average Bonchev–Trinajstić information content (AvgIpc) is 3.69. The molecule has 10 heteroatoms. The Morgan fingerprint density at radius 1 is 1.02 bits per heavy atom. The molecule has 0 spiro atoms. The van der Waals surface area contributed by atoms with Crippen LogP contribution in [0.3, 0.4) is 0 Å². The first kappa shape index (κ1) is 28.4. The number of carbonyl (C=O) groups is 2. The number of carbonyl (C=O) groups excluding carboxylic acids is 2. The van der Waals surface area contributed by atoms with E-state index in [1.54, 1.807) is 35.6 Å². The van der Waals surface area contributed by atoms with Gasteiger partial charge in [0.25, 0.3) is 11.8 Å². The Hall–Kier alpha value is -3.73. The predicted octanol–water partition coefficient (Wildman–Crippen LogP) is 4.94.